The number of ether oxygens (including phenoxy) is 2. The fraction of sp³-hybridized carbons (Fsp3) is 0.200. The molecule has 6 heteroatoms. The molecule has 0 aliphatic carbocycles. The van der Waals surface area contributed by atoms with Crippen molar-refractivity contribution in [2.24, 2.45) is 5.73 Å². The molecule has 2 aromatic carbocycles. The van der Waals surface area contributed by atoms with E-state index in [1.54, 1.807) is 6.07 Å². The minimum atomic E-state index is -0.345. The van der Waals surface area contributed by atoms with E-state index < -0.39 is 0 Å². The van der Waals surface area contributed by atoms with Crippen LogP contribution in [0.5, 0.6) is 11.5 Å². The molecule has 0 aromatic heterocycles. The Morgan fingerprint density at radius 1 is 0.952 bits per heavy atom. The quantitative estimate of drug-likeness (QED) is 0.748. The van der Waals surface area contributed by atoms with Crippen molar-refractivity contribution in [3.05, 3.63) is 55.4 Å². The Morgan fingerprint density at radius 2 is 1.52 bits per heavy atom. The maximum atomic E-state index is 6.37. The molecule has 21 heavy (non-hydrogen) atoms. The maximum Gasteiger partial charge on any atom is 0.162 e. The van der Waals surface area contributed by atoms with Crippen LogP contribution in [0, 0.1) is 0 Å². The number of fused-ring (bicyclic) bond motifs is 1. The third kappa shape index (κ3) is 3.21. The zero-order valence-corrected chi connectivity index (χ0v) is 14.8. The summed E-state index contributed by atoms with van der Waals surface area (Å²) >= 11 is 13.3. The number of nitrogens with two attached hydrogens (primary N) is 1. The number of hydrogen-bond acceptors (Lipinski definition) is 3. The van der Waals surface area contributed by atoms with Gasteiger partial charge in [0.25, 0.3) is 0 Å². The zero-order valence-electron chi connectivity index (χ0n) is 10.9. The Kier molecular flexibility index (Phi) is 4.45. The van der Waals surface area contributed by atoms with Crippen molar-refractivity contribution in [3.63, 3.8) is 0 Å². The second-order valence-electron chi connectivity index (χ2n) is 4.70. The van der Waals surface area contributed by atoms with Gasteiger partial charge in [0.05, 0.1) is 6.04 Å². The second-order valence-corrected chi connectivity index (χ2v) is 6.94. The van der Waals surface area contributed by atoms with Gasteiger partial charge >= 0.3 is 0 Å². The predicted octanol–water partition coefficient (Wildman–Crippen LogP) is 4.68. The highest BCUT2D eigenvalue weighted by Gasteiger charge is 2.20. The van der Waals surface area contributed by atoms with Gasteiger partial charge in [-0.2, -0.15) is 0 Å². The monoisotopic (exact) mass is 431 g/mol. The molecule has 0 saturated carbocycles. The van der Waals surface area contributed by atoms with E-state index in [2.05, 4.69) is 31.9 Å². The molecule has 0 bridgehead atoms. The van der Waals surface area contributed by atoms with Gasteiger partial charge in [-0.25, -0.2) is 0 Å². The molecule has 0 saturated heterocycles. The molecular weight excluding hydrogens is 421 g/mol. The molecule has 2 N–H and O–H groups in total. The number of hydrogen-bond donors (Lipinski definition) is 1. The zero-order chi connectivity index (χ0) is 15.0. The van der Waals surface area contributed by atoms with Crippen LogP contribution in [0.25, 0.3) is 0 Å². The summed E-state index contributed by atoms with van der Waals surface area (Å²) < 4.78 is 13.0. The summed E-state index contributed by atoms with van der Waals surface area (Å²) in [7, 11) is 0. The smallest absolute Gasteiger partial charge is 0.162 e. The van der Waals surface area contributed by atoms with Gasteiger partial charge in [-0.1, -0.05) is 43.5 Å². The molecule has 1 aliphatic heterocycles. The second kappa shape index (κ2) is 6.16. The Balaban J connectivity index is 2.02. The first-order chi connectivity index (χ1) is 10.0. The highest BCUT2D eigenvalue weighted by molar-refractivity contribution is 9.11. The Labute approximate surface area is 144 Å². The van der Waals surface area contributed by atoms with Crippen molar-refractivity contribution in [1.82, 2.24) is 0 Å². The SMILES string of the molecule is NC(c1cc(Br)cc(Br)c1)c1cc2c(cc1Cl)OCCO2. The number of benzene rings is 2. The molecule has 3 rings (SSSR count). The van der Waals surface area contributed by atoms with Gasteiger partial charge in [0, 0.05) is 20.0 Å². The van der Waals surface area contributed by atoms with Gasteiger partial charge in [-0.15, -0.1) is 0 Å². The molecule has 2 aromatic rings. The Bertz CT molecular complexity index is 673. The van der Waals surface area contributed by atoms with Gasteiger partial charge in [-0.3, -0.25) is 0 Å². The normalized spacial score (nSPS) is 14.9. The molecule has 1 heterocycles. The summed E-state index contributed by atoms with van der Waals surface area (Å²) in [6.07, 6.45) is 0. The van der Waals surface area contributed by atoms with E-state index in [9.17, 15) is 0 Å². The van der Waals surface area contributed by atoms with E-state index in [1.165, 1.54) is 0 Å². The van der Waals surface area contributed by atoms with E-state index in [-0.39, 0.29) is 6.04 Å². The van der Waals surface area contributed by atoms with Gasteiger partial charge in [0.1, 0.15) is 13.2 Å². The van der Waals surface area contributed by atoms with E-state index in [1.807, 2.05) is 24.3 Å². The number of rotatable bonds is 2. The van der Waals surface area contributed by atoms with Gasteiger partial charge in [0.15, 0.2) is 11.5 Å². The minimum absolute atomic E-state index is 0.345. The molecule has 110 valence electrons. The van der Waals surface area contributed by atoms with Crippen LogP contribution in [0.15, 0.2) is 39.3 Å². The molecule has 1 atom stereocenters. The Hall–Kier alpha value is -0.750. The first kappa shape index (κ1) is 15.2. The maximum absolute atomic E-state index is 6.37. The molecule has 1 aliphatic rings. The highest BCUT2D eigenvalue weighted by Crippen LogP contribution is 2.39. The summed E-state index contributed by atoms with van der Waals surface area (Å²) in [5.41, 5.74) is 8.13. The number of halogens is 3. The fourth-order valence-corrected chi connectivity index (χ4v) is 3.85. The first-order valence-electron chi connectivity index (χ1n) is 6.35. The third-order valence-corrected chi connectivity index (χ3v) is 4.48. The van der Waals surface area contributed by atoms with Crippen LogP contribution in [0.2, 0.25) is 5.02 Å². The van der Waals surface area contributed by atoms with E-state index in [4.69, 9.17) is 26.8 Å². The van der Waals surface area contributed by atoms with Crippen LogP contribution in [-0.4, -0.2) is 13.2 Å². The molecule has 1 unspecified atom stereocenters. The summed E-state index contributed by atoms with van der Waals surface area (Å²) in [5, 5.41) is 0.572. The van der Waals surface area contributed by atoms with Crippen LogP contribution >= 0.6 is 43.5 Å². The fourth-order valence-electron chi connectivity index (χ4n) is 2.25. The lowest BCUT2D eigenvalue weighted by Crippen LogP contribution is -2.17. The van der Waals surface area contributed by atoms with E-state index >= 15 is 0 Å². The average Bonchev–Trinajstić information content (AvgIpc) is 2.44. The molecule has 0 fully saturated rings. The van der Waals surface area contributed by atoms with Crippen molar-refractivity contribution in [2.45, 2.75) is 6.04 Å². The summed E-state index contributed by atoms with van der Waals surface area (Å²) in [6, 6.07) is 9.18. The summed E-state index contributed by atoms with van der Waals surface area (Å²) in [4.78, 5) is 0. The minimum Gasteiger partial charge on any atom is -0.486 e. The summed E-state index contributed by atoms with van der Waals surface area (Å²) in [6.45, 7) is 1.07. The van der Waals surface area contributed by atoms with Crippen LogP contribution in [0.4, 0.5) is 0 Å². The van der Waals surface area contributed by atoms with Crippen LogP contribution < -0.4 is 15.2 Å². The topological polar surface area (TPSA) is 44.5 Å². The lowest BCUT2D eigenvalue weighted by atomic mass is 9.99. The molecule has 0 amide bonds. The van der Waals surface area contributed by atoms with Crippen LogP contribution in [0.3, 0.4) is 0 Å². The molecule has 3 nitrogen and oxygen atoms in total. The van der Waals surface area contributed by atoms with E-state index in [0.717, 1.165) is 20.1 Å². The molecular formula is C15H12Br2ClNO2. The van der Waals surface area contributed by atoms with E-state index in [0.29, 0.717) is 29.7 Å². The molecule has 0 spiro atoms. The average molecular weight is 434 g/mol. The first-order valence-corrected chi connectivity index (χ1v) is 8.31. The lowest BCUT2D eigenvalue weighted by Gasteiger charge is -2.22. The Morgan fingerprint density at radius 3 is 2.14 bits per heavy atom. The van der Waals surface area contributed by atoms with Crippen LogP contribution in [-0.2, 0) is 0 Å². The van der Waals surface area contributed by atoms with Crippen molar-refractivity contribution < 1.29 is 9.47 Å². The standard InChI is InChI=1S/C15H12Br2ClNO2/c16-9-3-8(4-10(17)5-9)15(19)11-6-13-14(7-12(11)18)21-2-1-20-13/h3-7,15H,1-2,19H2. The van der Waals surface area contributed by atoms with Crippen molar-refractivity contribution in [3.8, 4) is 11.5 Å². The van der Waals surface area contributed by atoms with Crippen molar-refractivity contribution in [1.29, 1.82) is 0 Å². The third-order valence-electron chi connectivity index (χ3n) is 3.24. The van der Waals surface area contributed by atoms with Crippen molar-refractivity contribution in [2.75, 3.05) is 13.2 Å². The summed E-state index contributed by atoms with van der Waals surface area (Å²) in [5.74, 6) is 1.35. The molecule has 0 radical (unpaired) electrons. The predicted molar refractivity (Wildman–Crippen MR) is 90.3 cm³/mol. The van der Waals surface area contributed by atoms with Crippen LogP contribution in [0.1, 0.15) is 17.2 Å². The highest BCUT2D eigenvalue weighted by atomic mass is 79.9. The largest absolute Gasteiger partial charge is 0.486 e. The van der Waals surface area contributed by atoms with Gasteiger partial charge in [-0.05, 0) is 35.4 Å². The van der Waals surface area contributed by atoms with Gasteiger partial charge < -0.3 is 15.2 Å². The lowest BCUT2D eigenvalue weighted by molar-refractivity contribution is 0.171. The van der Waals surface area contributed by atoms with Crippen molar-refractivity contribution >= 4 is 43.5 Å². The van der Waals surface area contributed by atoms with Gasteiger partial charge in [0.2, 0.25) is 0 Å².